The molecule has 0 spiro atoms. The summed E-state index contributed by atoms with van der Waals surface area (Å²) in [5.74, 6) is -0.327. The molecule has 0 saturated carbocycles. The van der Waals surface area contributed by atoms with E-state index in [0.717, 1.165) is 19.5 Å². The van der Waals surface area contributed by atoms with Gasteiger partial charge in [0.2, 0.25) is 0 Å². The van der Waals surface area contributed by atoms with E-state index in [4.69, 9.17) is 5.73 Å². The molecule has 1 fully saturated rings. The van der Waals surface area contributed by atoms with E-state index in [-0.39, 0.29) is 5.91 Å². The largest absolute Gasteiger partial charge is 0.365 e. The second kappa shape index (κ2) is 7.12. The number of hydrogen-bond donors (Lipinski definition) is 1. The van der Waals surface area contributed by atoms with Crippen molar-refractivity contribution in [2.75, 3.05) is 6.54 Å². The molecule has 25 heavy (non-hydrogen) atoms. The molecular formula is C20H20N2OS2. The van der Waals surface area contributed by atoms with Gasteiger partial charge >= 0.3 is 0 Å². The normalized spacial score (nSPS) is 17.8. The second-order valence-corrected chi connectivity index (χ2v) is 8.61. The minimum absolute atomic E-state index is 0.327. The summed E-state index contributed by atoms with van der Waals surface area (Å²) in [5, 5.41) is 0. The van der Waals surface area contributed by atoms with E-state index in [2.05, 4.69) is 47.4 Å². The number of rotatable bonds is 5. The van der Waals surface area contributed by atoms with Gasteiger partial charge in [0.15, 0.2) is 0 Å². The highest BCUT2D eigenvalue weighted by molar-refractivity contribution is 7.15. The second-order valence-electron chi connectivity index (χ2n) is 6.33. The van der Waals surface area contributed by atoms with Gasteiger partial charge in [0.25, 0.3) is 5.91 Å². The zero-order chi connectivity index (χ0) is 17.2. The van der Waals surface area contributed by atoms with Crippen molar-refractivity contribution < 1.29 is 4.79 Å². The minimum atomic E-state index is -0.327. The molecule has 0 unspecified atom stereocenters. The zero-order valence-electron chi connectivity index (χ0n) is 13.9. The van der Waals surface area contributed by atoms with E-state index in [1.165, 1.54) is 26.6 Å². The monoisotopic (exact) mass is 368 g/mol. The Morgan fingerprint density at radius 2 is 1.92 bits per heavy atom. The van der Waals surface area contributed by atoms with E-state index >= 15 is 0 Å². The third-order valence-corrected chi connectivity index (χ3v) is 6.96. The third-order valence-electron chi connectivity index (χ3n) is 4.64. The fourth-order valence-electron chi connectivity index (χ4n) is 3.42. The molecular weight excluding hydrogens is 348 g/mol. The van der Waals surface area contributed by atoms with Crippen LogP contribution in [-0.2, 0) is 6.54 Å². The van der Waals surface area contributed by atoms with Crippen molar-refractivity contribution in [3.8, 4) is 10.4 Å². The first kappa shape index (κ1) is 16.5. The van der Waals surface area contributed by atoms with Crippen LogP contribution in [0.4, 0.5) is 0 Å². The Labute approximate surface area is 155 Å². The van der Waals surface area contributed by atoms with E-state index in [1.807, 2.05) is 23.5 Å². The number of carbonyl (C=O) groups is 1. The summed E-state index contributed by atoms with van der Waals surface area (Å²) >= 11 is 3.41. The van der Waals surface area contributed by atoms with E-state index < -0.39 is 0 Å². The van der Waals surface area contributed by atoms with Crippen LogP contribution in [0.1, 0.15) is 38.3 Å². The minimum Gasteiger partial charge on any atom is -0.365 e. The molecule has 1 amide bonds. The summed E-state index contributed by atoms with van der Waals surface area (Å²) in [6.45, 7) is 2.07. The fraction of sp³-hybridized carbons (Fsp3) is 0.250. The quantitative estimate of drug-likeness (QED) is 0.695. The molecule has 5 heteroatoms. The highest BCUT2D eigenvalue weighted by atomic mass is 32.1. The number of hydrogen-bond acceptors (Lipinski definition) is 4. The molecule has 1 aliphatic heterocycles. The Morgan fingerprint density at radius 3 is 2.68 bits per heavy atom. The summed E-state index contributed by atoms with van der Waals surface area (Å²) in [4.78, 5) is 18.5. The zero-order valence-corrected chi connectivity index (χ0v) is 15.5. The van der Waals surface area contributed by atoms with Gasteiger partial charge in [-0.15, -0.1) is 22.7 Å². The lowest BCUT2D eigenvalue weighted by Gasteiger charge is -2.22. The van der Waals surface area contributed by atoms with Crippen molar-refractivity contribution in [3.05, 3.63) is 69.2 Å². The number of primary amides is 1. The molecule has 1 aliphatic rings. The van der Waals surface area contributed by atoms with Gasteiger partial charge in [-0.2, -0.15) is 0 Å². The number of nitrogens with zero attached hydrogens (tertiary/aromatic N) is 1. The predicted molar refractivity (Wildman–Crippen MR) is 105 cm³/mol. The molecule has 128 valence electrons. The first-order valence-electron chi connectivity index (χ1n) is 8.48. The van der Waals surface area contributed by atoms with Crippen LogP contribution in [0.5, 0.6) is 0 Å². The number of amides is 1. The highest BCUT2D eigenvalue weighted by Crippen LogP contribution is 2.38. The van der Waals surface area contributed by atoms with Crippen LogP contribution in [0.3, 0.4) is 0 Å². The average Bonchev–Trinajstić information content (AvgIpc) is 3.36. The Kier molecular flexibility index (Phi) is 4.70. The SMILES string of the molecule is NC(=O)c1ccc([C@@H]2CCCN2Cc2ccc(-c3ccccc3)s2)s1. The summed E-state index contributed by atoms with van der Waals surface area (Å²) in [7, 11) is 0. The van der Waals surface area contributed by atoms with Crippen LogP contribution >= 0.6 is 22.7 Å². The lowest BCUT2D eigenvalue weighted by molar-refractivity contribution is 0.100. The number of benzene rings is 1. The van der Waals surface area contributed by atoms with Gasteiger partial charge in [-0.05, 0) is 49.2 Å². The van der Waals surface area contributed by atoms with Crippen LogP contribution < -0.4 is 5.73 Å². The molecule has 1 atom stereocenters. The topological polar surface area (TPSA) is 46.3 Å². The van der Waals surface area contributed by atoms with Crippen LogP contribution in [0.15, 0.2) is 54.6 Å². The number of likely N-dealkylation sites (tertiary alicyclic amines) is 1. The molecule has 4 rings (SSSR count). The molecule has 3 aromatic rings. The van der Waals surface area contributed by atoms with Gasteiger partial charge in [-0.1, -0.05) is 30.3 Å². The van der Waals surface area contributed by atoms with Gasteiger partial charge in [0, 0.05) is 27.2 Å². The maximum absolute atomic E-state index is 11.4. The van der Waals surface area contributed by atoms with Crippen molar-refractivity contribution in [3.63, 3.8) is 0 Å². The average molecular weight is 369 g/mol. The molecule has 0 radical (unpaired) electrons. The first-order chi connectivity index (χ1) is 12.2. The molecule has 1 aromatic carbocycles. The predicted octanol–water partition coefficient (Wildman–Crippen LogP) is 4.91. The molecule has 2 N–H and O–H groups in total. The fourth-order valence-corrected chi connectivity index (χ4v) is 5.49. The maximum atomic E-state index is 11.4. The highest BCUT2D eigenvalue weighted by Gasteiger charge is 2.28. The van der Waals surface area contributed by atoms with Crippen molar-refractivity contribution in [1.82, 2.24) is 4.90 Å². The van der Waals surface area contributed by atoms with Crippen LogP contribution in [-0.4, -0.2) is 17.4 Å². The molecule has 2 aromatic heterocycles. The summed E-state index contributed by atoms with van der Waals surface area (Å²) in [6, 6.07) is 19.3. The van der Waals surface area contributed by atoms with Gasteiger partial charge in [-0.25, -0.2) is 0 Å². The van der Waals surface area contributed by atoms with Crippen molar-refractivity contribution in [1.29, 1.82) is 0 Å². The van der Waals surface area contributed by atoms with Crippen LogP contribution in [0, 0.1) is 0 Å². The molecule has 0 bridgehead atoms. The summed E-state index contributed by atoms with van der Waals surface area (Å²) in [6.07, 6.45) is 2.35. The van der Waals surface area contributed by atoms with E-state index in [0.29, 0.717) is 10.9 Å². The Bertz CT molecular complexity index is 869. The molecule has 1 saturated heterocycles. The number of nitrogens with two attached hydrogens (primary N) is 1. The smallest absolute Gasteiger partial charge is 0.258 e. The lowest BCUT2D eigenvalue weighted by Crippen LogP contribution is -2.21. The lowest BCUT2D eigenvalue weighted by atomic mass is 10.2. The summed E-state index contributed by atoms with van der Waals surface area (Å²) in [5.41, 5.74) is 6.68. The van der Waals surface area contributed by atoms with Gasteiger partial charge in [0.1, 0.15) is 0 Å². The standard InChI is InChI=1S/C20H20N2OS2/c21-20(23)19-11-10-18(25-19)16-7-4-12-22(16)13-15-8-9-17(24-15)14-5-2-1-3-6-14/h1-3,5-6,8-11,16H,4,7,12-13H2,(H2,21,23)/t16-/m0/s1. The molecule has 3 heterocycles. The van der Waals surface area contributed by atoms with Gasteiger partial charge < -0.3 is 5.73 Å². The molecule has 0 aliphatic carbocycles. The third kappa shape index (κ3) is 3.54. The van der Waals surface area contributed by atoms with Crippen LogP contribution in [0.2, 0.25) is 0 Å². The first-order valence-corrected chi connectivity index (χ1v) is 10.1. The van der Waals surface area contributed by atoms with E-state index in [1.54, 1.807) is 11.3 Å². The number of carbonyl (C=O) groups excluding carboxylic acids is 1. The van der Waals surface area contributed by atoms with Crippen molar-refractivity contribution in [2.24, 2.45) is 5.73 Å². The van der Waals surface area contributed by atoms with Gasteiger partial charge in [-0.3, -0.25) is 9.69 Å². The van der Waals surface area contributed by atoms with Crippen LogP contribution in [0.25, 0.3) is 10.4 Å². The number of thiophene rings is 2. The summed E-state index contributed by atoms with van der Waals surface area (Å²) < 4.78 is 0. The Balaban J connectivity index is 1.50. The maximum Gasteiger partial charge on any atom is 0.258 e. The van der Waals surface area contributed by atoms with Crippen molar-refractivity contribution >= 4 is 28.6 Å². The van der Waals surface area contributed by atoms with Gasteiger partial charge in [0.05, 0.1) is 4.88 Å². The Morgan fingerprint density at radius 1 is 1.08 bits per heavy atom. The van der Waals surface area contributed by atoms with E-state index in [9.17, 15) is 4.79 Å². The molecule has 3 nitrogen and oxygen atoms in total. The Hall–Kier alpha value is -1.95. The van der Waals surface area contributed by atoms with Crippen molar-refractivity contribution in [2.45, 2.75) is 25.4 Å².